The van der Waals surface area contributed by atoms with Gasteiger partial charge in [0.25, 0.3) is 5.69 Å². The fourth-order valence-corrected chi connectivity index (χ4v) is 3.19. The molecule has 0 spiro atoms. The van der Waals surface area contributed by atoms with E-state index in [-0.39, 0.29) is 23.9 Å². The number of nitrogens with zero attached hydrogens (tertiary/aromatic N) is 2. The van der Waals surface area contributed by atoms with E-state index in [9.17, 15) is 19.7 Å². The van der Waals surface area contributed by atoms with Crippen LogP contribution in [0.25, 0.3) is 0 Å². The minimum Gasteiger partial charge on any atom is -0.330 e. The number of benzene rings is 2. The van der Waals surface area contributed by atoms with E-state index in [0.717, 1.165) is 6.42 Å². The Kier molecular flexibility index (Phi) is 5.26. The topological polar surface area (TPSA) is 92.6 Å². The number of rotatable bonds is 5. The molecule has 0 unspecified atom stereocenters. The van der Waals surface area contributed by atoms with Crippen molar-refractivity contribution in [2.75, 3.05) is 11.9 Å². The molecule has 1 aliphatic rings. The van der Waals surface area contributed by atoms with Crippen LogP contribution in [-0.2, 0) is 16.0 Å². The van der Waals surface area contributed by atoms with Gasteiger partial charge in [0, 0.05) is 23.9 Å². The van der Waals surface area contributed by atoms with Gasteiger partial charge in [-0.3, -0.25) is 19.7 Å². The summed E-state index contributed by atoms with van der Waals surface area (Å²) in [7, 11) is 0. The van der Waals surface area contributed by atoms with E-state index in [1.807, 2.05) is 18.2 Å². The van der Waals surface area contributed by atoms with E-state index in [4.69, 9.17) is 0 Å². The Morgan fingerprint density at radius 1 is 1.12 bits per heavy atom. The van der Waals surface area contributed by atoms with Crippen LogP contribution in [-0.4, -0.2) is 34.2 Å². The third-order valence-corrected chi connectivity index (χ3v) is 4.45. The highest BCUT2D eigenvalue weighted by molar-refractivity contribution is 5.97. The summed E-state index contributed by atoms with van der Waals surface area (Å²) >= 11 is 0. The van der Waals surface area contributed by atoms with Crippen LogP contribution in [0.5, 0.6) is 0 Å². The van der Waals surface area contributed by atoms with Crippen molar-refractivity contribution >= 4 is 23.2 Å². The fourth-order valence-electron chi connectivity index (χ4n) is 3.19. The van der Waals surface area contributed by atoms with E-state index in [2.05, 4.69) is 5.32 Å². The van der Waals surface area contributed by atoms with E-state index in [0.29, 0.717) is 24.2 Å². The molecule has 26 heavy (non-hydrogen) atoms. The molecule has 3 rings (SSSR count). The first-order valence-electron chi connectivity index (χ1n) is 8.44. The van der Waals surface area contributed by atoms with E-state index in [1.54, 1.807) is 30.3 Å². The number of hydrogen-bond donors (Lipinski definition) is 1. The van der Waals surface area contributed by atoms with Crippen molar-refractivity contribution in [3.63, 3.8) is 0 Å². The third-order valence-electron chi connectivity index (χ3n) is 4.45. The minimum atomic E-state index is -0.550. The summed E-state index contributed by atoms with van der Waals surface area (Å²) in [4.78, 5) is 37.4. The number of para-hydroxylation sites is 2. The molecule has 2 amide bonds. The molecule has 1 heterocycles. The molecule has 1 aliphatic heterocycles. The fraction of sp³-hybridized carbons (Fsp3) is 0.263. The molecule has 2 aromatic rings. The van der Waals surface area contributed by atoms with Crippen molar-refractivity contribution in [3.05, 3.63) is 70.3 Å². The Hall–Kier alpha value is -3.22. The van der Waals surface area contributed by atoms with Crippen molar-refractivity contribution in [2.24, 2.45) is 0 Å². The molecule has 1 N–H and O–H groups in total. The lowest BCUT2D eigenvalue weighted by Gasteiger charge is -2.24. The van der Waals surface area contributed by atoms with Gasteiger partial charge in [-0.1, -0.05) is 36.4 Å². The number of carbonyl (C=O) groups excluding carboxylic acids is 2. The van der Waals surface area contributed by atoms with Crippen molar-refractivity contribution in [2.45, 2.75) is 25.3 Å². The second-order valence-electron chi connectivity index (χ2n) is 6.16. The Bertz CT molecular complexity index is 823. The highest BCUT2D eigenvalue weighted by Gasteiger charge is 2.34. The minimum absolute atomic E-state index is 0.0784. The molecule has 1 atom stereocenters. The molecule has 2 aromatic carbocycles. The van der Waals surface area contributed by atoms with Gasteiger partial charge in [0.1, 0.15) is 6.04 Å². The van der Waals surface area contributed by atoms with Gasteiger partial charge in [0.15, 0.2) is 0 Å². The lowest BCUT2D eigenvalue weighted by molar-refractivity contribution is -0.385. The molecule has 0 aromatic heterocycles. The van der Waals surface area contributed by atoms with Gasteiger partial charge >= 0.3 is 0 Å². The zero-order valence-corrected chi connectivity index (χ0v) is 14.1. The third kappa shape index (κ3) is 3.88. The predicted octanol–water partition coefficient (Wildman–Crippen LogP) is 2.77. The number of likely N-dealkylation sites (tertiary alicyclic amines) is 1. The first-order valence-corrected chi connectivity index (χ1v) is 8.44. The second kappa shape index (κ2) is 7.77. The molecular weight excluding hydrogens is 334 g/mol. The molecule has 7 heteroatoms. The highest BCUT2D eigenvalue weighted by Crippen LogP contribution is 2.23. The lowest BCUT2D eigenvalue weighted by Crippen LogP contribution is -2.43. The first kappa shape index (κ1) is 17.6. The van der Waals surface area contributed by atoms with Crippen molar-refractivity contribution in [1.82, 2.24) is 4.90 Å². The number of anilines is 1. The molecule has 7 nitrogen and oxygen atoms in total. The van der Waals surface area contributed by atoms with Crippen LogP contribution in [0.2, 0.25) is 0 Å². The van der Waals surface area contributed by atoms with Gasteiger partial charge in [-0.2, -0.15) is 0 Å². The molecular formula is C19H19N3O4. The van der Waals surface area contributed by atoms with Gasteiger partial charge in [-0.25, -0.2) is 0 Å². The SMILES string of the molecule is O=C(Nc1ccccc1)[C@@H]1CCCN1C(=O)Cc1ccccc1[N+](=O)[O-]. The van der Waals surface area contributed by atoms with Gasteiger partial charge in [-0.05, 0) is 25.0 Å². The Labute approximate surface area is 150 Å². The Balaban J connectivity index is 1.71. The lowest BCUT2D eigenvalue weighted by atomic mass is 10.1. The standard InChI is InChI=1S/C19H19N3O4/c23-18(13-14-7-4-5-10-16(14)22(25)26)21-12-6-11-17(21)19(24)20-15-8-2-1-3-9-15/h1-5,7-10,17H,6,11-13H2,(H,20,24)/t17-/m0/s1. The normalized spacial score (nSPS) is 16.3. The maximum atomic E-state index is 12.7. The van der Waals surface area contributed by atoms with E-state index in [1.165, 1.54) is 11.0 Å². The van der Waals surface area contributed by atoms with Crippen LogP contribution in [0, 0.1) is 10.1 Å². The predicted molar refractivity (Wildman–Crippen MR) is 96.6 cm³/mol. The largest absolute Gasteiger partial charge is 0.330 e. The van der Waals surface area contributed by atoms with Crippen LogP contribution in [0.3, 0.4) is 0 Å². The van der Waals surface area contributed by atoms with Crippen molar-refractivity contribution < 1.29 is 14.5 Å². The van der Waals surface area contributed by atoms with Gasteiger partial charge in [0.2, 0.25) is 11.8 Å². The van der Waals surface area contributed by atoms with Gasteiger partial charge < -0.3 is 10.2 Å². The number of nitrogens with one attached hydrogen (secondary N) is 1. The number of nitro groups is 1. The first-order chi connectivity index (χ1) is 12.6. The molecule has 134 valence electrons. The van der Waals surface area contributed by atoms with Crippen LogP contribution >= 0.6 is 0 Å². The van der Waals surface area contributed by atoms with Crippen molar-refractivity contribution in [3.8, 4) is 0 Å². The maximum Gasteiger partial charge on any atom is 0.273 e. The number of amides is 2. The van der Waals surface area contributed by atoms with Crippen LogP contribution in [0.15, 0.2) is 54.6 Å². The summed E-state index contributed by atoms with van der Waals surface area (Å²) in [5.74, 6) is -0.505. The number of nitro benzene ring substituents is 1. The summed E-state index contributed by atoms with van der Waals surface area (Å²) in [6.07, 6.45) is 1.23. The zero-order chi connectivity index (χ0) is 18.5. The Morgan fingerprint density at radius 2 is 1.81 bits per heavy atom. The molecule has 0 aliphatic carbocycles. The van der Waals surface area contributed by atoms with Crippen LogP contribution < -0.4 is 5.32 Å². The van der Waals surface area contributed by atoms with Crippen molar-refractivity contribution in [1.29, 1.82) is 0 Å². The van der Waals surface area contributed by atoms with Gasteiger partial charge in [0.05, 0.1) is 11.3 Å². The number of carbonyl (C=O) groups is 2. The second-order valence-corrected chi connectivity index (χ2v) is 6.16. The highest BCUT2D eigenvalue weighted by atomic mass is 16.6. The smallest absolute Gasteiger partial charge is 0.273 e. The zero-order valence-electron chi connectivity index (χ0n) is 14.1. The summed E-state index contributed by atoms with van der Waals surface area (Å²) < 4.78 is 0. The van der Waals surface area contributed by atoms with Crippen LogP contribution in [0.4, 0.5) is 11.4 Å². The van der Waals surface area contributed by atoms with Crippen LogP contribution in [0.1, 0.15) is 18.4 Å². The average molecular weight is 353 g/mol. The summed E-state index contributed by atoms with van der Waals surface area (Å²) in [5.41, 5.74) is 0.956. The maximum absolute atomic E-state index is 12.7. The van der Waals surface area contributed by atoms with Gasteiger partial charge in [-0.15, -0.1) is 0 Å². The molecule has 1 saturated heterocycles. The molecule has 0 radical (unpaired) electrons. The van der Waals surface area contributed by atoms with E-state index < -0.39 is 11.0 Å². The number of hydrogen-bond acceptors (Lipinski definition) is 4. The molecule has 0 bridgehead atoms. The quantitative estimate of drug-likeness (QED) is 0.661. The van der Waals surface area contributed by atoms with E-state index >= 15 is 0 Å². The molecule has 1 fully saturated rings. The molecule has 0 saturated carbocycles. The summed E-state index contributed by atoms with van der Waals surface area (Å²) in [5, 5.41) is 13.9. The summed E-state index contributed by atoms with van der Waals surface area (Å²) in [6.45, 7) is 0.479. The Morgan fingerprint density at radius 3 is 2.54 bits per heavy atom. The average Bonchev–Trinajstić information content (AvgIpc) is 3.13. The monoisotopic (exact) mass is 353 g/mol. The summed E-state index contributed by atoms with van der Waals surface area (Å²) in [6, 6.07) is 14.7.